The number of nitrogens with two attached hydrogens (primary N) is 2. The molecule has 0 unspecified atom stereocenters. The van der Waals surface area contributed by atoms with E-state index in [9.17, 15) is 26.4 Å². The summed E-state index contributed by atoms with van der Waals surface area (Å²) in [6.45, 7) is 1.84. The number of carbonyl (C=O) groups is 2. The van der Waals surface area contributed by atoms with Gasteiger partial charge in [-0.15, -0.1) is 23.1 Å². The number of carbonyl (C=O) groups excluding carboxylic acids is 2. The van der Waals surface area contributed by atoms with E-state index in [1.807, 2.05) is 13.0 Å². The summed E-state index contributed by atoms with van der Waals surface area (Å²) in [7, 11) is -3.80. The number of rotatable bonds is 6. The molecular weight excluding hydrogens is 523 g/mol. The number of nitrogens with one attached hydrogen (secondary N) is 1. The lowest BCUT2D eigenvalue weighted by Gasteiger charge is -2.10. The SMILES string of the molecule is CSc1sc(C(=N)N)cc1S(=O)(=O)c1cccc(-c2ccc(C(N)=O)cc2C)c1.O=CC(F)(F)F. The summed E-state index contributed by atoms with van der Waals surface area (Å²) < 4.78 is 58.4. The lowest BCUT2D eigenvalue weighted by atomic mass is 9.98. The van der Waals surface area contributed by atoms with E-state index in [2.05, 4.69) is 0 Å². The molecule has 0 bridgehead atoms. The first-order valence-electron chi connectivity index (χ1n) is 9.52. The third-order valence-electron chi connectivity index (χ3n) is 4.51. The van der Waals surface area contributed by atoms with Crippen LogP contribution in [0.1, 0.15) is 20.8 Å². The Bertz CT molecular complexity index is 1380. The Kier molecular flexibility index (Phi) is 8.87. The monoisotopic (exact) mass is 543 g/mol. The molecule has 2 aromatic carbocycles. The molecule has 3 rings (SSSR count). The number of amidine groups is 1. The molecule has 0 spiro atoms. The van der Waals surface area contributed by atoms with E-state index in [1.54, 1.807) is 42.7 Å². The Labute approximate surface area is 207 Å². The normalized spacial score (nSPS) is 11.3. The van der Waals surface area contributed by atoms with Crippen molar-refractivity contribution < 1.29 is 31.2 Å². The van der Waals surface area contributed by atoms with Crippen molar-refractivity contribution in [1.29, 1.82) is 5.41 Å². The van der Waals surface area contributed by atoms with Crippen molar-refractivity contribution in [2.24, 2.45) is 11.5 Å². The number of amides is 1. The Morgan fingerprint density at radius 3 is 2.23 bits per heavy atom. The Morgan fingerprint density at radius 1 is 1.11 bits per heavy atom. The molecule has 7 nitrogen and oxygen atoms in total. The van der Waals surface area contributed by atoms with Gasteiger partial charge in [0, 0.05) is 5.56 Å². The smallest absolute Gasteiger partial charge is 0.383 e. The van der Waals surface area contributed by atoms with Crippen molar-refractivity contribution in [2.75, 3.05) is 6.26 Å². The van der Waals surface area contributed by atoms with Crippen LogP contribution in [0.3, 0.4) is 0 Å². The molecule has 1 amide bonds. The molecule has 13 heteroatoms. The third kappa shape index (κ3) is 6.93. The van der Waals surface area contributed by atoms with Crippen molar-refractivity contribution in [3.05, 3.63) is 64.5 Å². The maximum atomic E-state index is 13.3. The lowest BCUT2D eigenvalue weighted by Crippen LogP contribution is -2.11. The molecule has 0 saturated heterocycles. The number of benzene rings is 2. The van der Waals surface area contributed by atoms with E-state index in [4.69, 9.17) is 21.7 Å². The maximum Gasteiger partial charge on any atom is 0.446 e. The first-order valence-corrected chi connectivity index (χ1v) is 13.0. The Morgan fingerprint density at radius 2 is 1.74 bits per heavy atom. The minimum Gasteiger partial charge on any atom is -0.383 e. The van der Waals surface area contributed by atoms with Gasteiger partial charge in [-0.3, -0.25) is 15.0 Å². The van der Waals surface area contributed by atoms with Crippen LogP contribution in [0.15, 0.2) is 62.5 Å². The molecule has 5 N–H and O–H groups in total. The van der Waals surface area contributed by atoms with Gasteiger partial charge in [0.05, 0.1) is 18.9 Å². The van der Waals surface area contributed by atoms with Gasteiger partial charge in [-0.1, -0.05) is 18.2 Å². The molecule has 0 saturated carbocycles. The Balaban J connectivity index is 0.000000641. The minimum absolute atomic E-state index is 0.150. The molecule has 186 valence electrons. The zero-order valence-electron chi connectivity index (χ0n) is 18.3. The largest absolute Gasteiger partial charge is 0.446 e. The molecule has 1 aromatic heterocycles. The number of sulfone groups is 1. The number of nitrogen functional groups attached to an aromatic ring is 1. The van der Waals surface area contributed by atoms with Gasteiger partial charge >= 0.3 is 6.18 Å². The summed E-state index contributed by atoms with van der Waals surface area (Å²) in [6, 6.07) is 13.2. The predicted molar refractivity (Wildman–Crippen MR) is 130 cm³/mol. The van der Waals surface area contributed by atoms with Crippen LogP contribution in [-0.2, 0) is 14.6 Å². The minimum atomic E-state index is -4.64. The second-order valence-corrected chi connectivity index (χ2v) is 11.0. The number of alkyl halides is 3. The number of primary amides is 1. The van der Waals surface area contributed by atoms with Crippen LogP contribution in [0.4, 0.5) is 13.2 Å². The van der Waals surface area contributed by atoms with Crippen LogP contribution in [0.25, 0.3) is 11.1 Å². The average molecular weight is 544 g/mol. The highest BCUT2D eigenvalue weighted by Crippen LogP contribution is 2.37. The number of aryl methyl sites for hydroxylation is 1. The molecular formula is C22H20F3N3O4S3. The molecule has 35 heavy (non-hydrogen) atoms. The van der Waals surface area contributed by atoms with Crippen LogP contribution in [0, 0.1) is 12.3 Å². The van der Waals surface area contributed by atoms with Crippen molar-refractivity contribution in [3.63, 3.8) is 0 Å². The molecule has 0 aliphatic rings. The van der Waals surface area contributed by atoms with Crippen LogP contribution in [-0.4, -0.2) is 38.9 Å². The summed E-state index contributed by atoms with van der Waals surface area (Å²) in [6.07, 6.45) is -3.91. The predicted octanol–water partition coefficient (Wildman–Crippen LogP) is 4.41. The molecule has 3 aromatic rings. The van der Waals surface area contributed by atoms with Gasteiger partial charge in [0.2, 0.25) is 22.0 Å². The van der Waals surface area contributed by atoms with E-state index in [0.29, 0.717) is 20.2 Å². The van der Waals surface area contributed by atoms with Crippen molar-refractivity contribution in [3.8, 4) is 11.1 Å². The first-order chi connectivity index (χ1) is 16.2. The fraction of sp³-hybridized carbons (Fsp3) is 0.136. The van der Waals surface area contributed by atoms with Gasteiger partial charge in [-0.05, 0) is 60.2 Å². The molecule has 0 atom stereocenters. The van der Waals surface area contributed by atoms with Crippen LogP contribution >= 0.6 is 23.1 Å². The number of hydrogen-bond acceptors (Lipinski definition) is 7. The molecule has 0 aliphatic carbocycles. The first kappa shape index (κ1) is 28.1. The zero-order chi connectivity index (χ0) is 26.6. The quantitative estimate of drug-likeness (QED) is 0.182. The van der Waals surface area contributed by atoms with Gasteiger partial charge in [0.25, 0.3) is 0 Å². The zero-order valence-corrected chi connectivity index (χ0v) is 20.8. The summed E-state index contributed by atoms with van der Waals surface area (Å²) >= 11 is 2.49. The fourth-order valence-electron chi connectivity index (χ4n) is 2.92. The molecule has 0 radical (unpaired) electrons. The van der Waals surface area contributed by atoms with E-state index >= 15 is 0 Å². The standard InChI is InChI=1S/C20H19N3O3S3.C2HF3O/c1-11-8-13(19(23)24)6-7-15(11)12-4-3-5-14(9-12)29(25,26)17-10-16(18(21)22)28-20(17)27-2;3-2(4,5)1-6/h3-10H,1-2H3,(H3,21,22)(H2,23,24);1H. The number of halogens is 3. The summed E-state index contributed by atoms with van der Waals surface area (Å²) in [5.74, 6) is -0.676. The third-order valence-corrected chi connectivity index (χ3v) is 8.84. The van der Waals surface area contributed by atoms with Gasteiger partial charge in [-0.2, -0.15) is 13.2 Å². The van der Waals surface area contributed by atoms with E-state index in [0.717, 1.165) is 11.1 Å². The number of aldehydes is 1. The number of thiophene rings is 1. The van der Waals surface area contributed by atoms with Crippen molar-refractivity contribution in [2.45, 2.75) is 27.1 Å². The van der Waals surface area contributed by atoms with Gasteiger partial charge in [0.15, 0.2) is 0 Å². The average Bonchev–Trinajstić information content (AvgIpc) is 3.25. The van der Waals surface area contributed by atoms with Gasteiger partial charge < -0.3 is 11.5 Å². The number of thioether (sulfide) groups is 1. The van der Waals surface area contributed by atoms with E-state index in [1.165, 1.54) is 29.2 Å². The van der Waals surface area contributed by atoms with E-state index in [-0.39, 0.29) is 15.6 Å². The van der Waals surface area contributed by atoms with Crippen LogP contribution in [0.5, 0.6) is 0 Å². The van der Waals surface area contributed by atoms with E-state index < -0.39 is 28.2 Å². The van der Waals surface area contributed by atoms with Gasteiger partial charge in [0.1, 0.15) is 5.84 Å². The summed E-state index contributed by atoms with van der Waals surface area (Å²) in [5, 5.41) is 7.60. The second kappa shape index (κ2) is 11.1. The van der Waals surface area contributed by atoms with Crippen LogP contribution in [0.2, 0.25) is 0 Å². The highest BCUT2D eigenvalue weighted by molar-refractivity contribution is 8.01. The topological polar surface area (TPSA) is 144 Å². The van der Waals surface area contributed by atoms with Crippen molar-refractivity contribution >= 4 is 51.0 Å². The fourth-order valence-corrected chi connectivity index (χ4v) is 6.82. The Hall–Kier alpha value is -3.16. The van der Waals surface area contributed by atoms with Gasteiger partial charge in [-0.25, -0.2) is 8.42 Å². The van der Waals surface area contributed by atoms with Crippen molar-refractivity contribution in [1.82, 2.24) is 0 Å². The second-order valence-electron chi connectivity index (χ2n) is 6.96. The van der Waals surface area contributed by atoms with Crippen LogP contribution < -0.4 is 11.5 Å². The summed E-state index contributed by atoms with van der Waals surface area (Å²) in [5.41, 5.74) is 13.6. The summed E-state index contributed by atoms with van der Waals surface area (Å²) in [4.78, 5) is 20.8. The highest BCUT2D eigenvalue weighted by Gasteiger charge is 2.26. The molecule has 0 fully saturated rings. The lowest BCUT2D eigenvalue weighted by molar-refractivity contribution is -0.156. The highest BCUT2D eigenvalue weighted by atomic mass is 32.2. The number of hydrogen-bond donors (Lipinski definition) is 3. The maximum absolute atomic E-state index is 13.3. The molecule has 1 heterocycles. The molecule has 0 aliphatic heterocycles.